The standard InChI is InChI=1S/C46H50O2/c47-45-41(27-7-3-1-4-8-27)23-35(25-43(45)33-15-17-37-29-11-13-31(19-29)39(37)21-33)36-24-42(28-9-5-2-6-10-28)46(48)44(26-36)34-16-18-38-30-12-14-32(20-30)40(38)22-34/h1-10,23-26,29-34,37-40,47-48H,11-22H2. The van der Waals surface area contributed by atoms with Crippen LogP contribution in [0.1, 0.15) is 100 Å². The summed E-state index contributed by atoms with van der Waals surface area (Å²) in [6, 6.07) is 30.2. The van der Waals surface area contributed by atoms with Crippen LogP contribution < -0.4 is 0 Å². The SMILES string of the molecule is Oc1c(-c2ccccc2)cc(-c2cc(-c3ccccc3)c(O)c(C3CCC4C5CCC(C5)C4C3)c2)cc1C1CCC2C3CCC(C3)C2C1. The van der Waals surface area contributed by atoms with Crippen LogP contribution in [0.15, 0.2) is 84.9 Å². The first-order valence-electron chi connectivity index (χ1n) is 19.4. The molecule has 4 aromatic rings. The van der Waals surface area contributed by atoms with E-state index >= 15 is 0 Å². The molecule has 2 nitrogen and oxygen atoms in total. The summed E-state index contributed by atoms with van der Waals surface area (Å²) in [5.74, 6) is 8.96. The summed E-state index contributed by atoms with van der Waals surface area (Å²) in [6.45, 7) is 0. The molecular weight excluding hydrogens is 585 g/mol. The van der Waals surface area contributed by atoms with Crippen LogP contribution in [0.5, 0.6) is 11.5 Å². The number of phenolic OH excluding ortho intramolecular Hbond substituents is 2. The first-order chi connectivity index (χ1) is 23.6. The van der Waals surface area contributed by atoms with Gasteiger partial charge < -0.3 is 10.2 Å². The van der Waals surface area contributed by atoms with Crippen molar-refractivity contribution in [1.29, 1.82) is 0 Å². The lowest BCUT2D eigenvalue weighted by atomic mass is 9.65. The largest absolute Gasteiger partial charge is 0.507 e. The second-order valence-corrected chi connectivity index (χ2v) is 17.0. The number of hydrogen-bond acceptors (Lipinski definition) is 2. The normalized spacial score (nSPS) is 34.7. The molecule has 48 heavy (non-hydrogen) atoms. The Labute approximate surface area is 286 Å². The Morgan fingerprint density at radius 3 is 1.19 bits per heavy atom. The molecule has 10 atom stereocenters. The fraction of sp³-hybridized carbons (Fsp3) is 0.478. The Morgan fingerprint density at radius 2 is 0.771 bits per heavy atom. The van der Waals surface area contributed by atoms with Gasteiger partial charge in [-0.25, -0.2) is 0 Å². The first-order valence-corrected chi connectivity index (χ1v) is 19.4. The molecule has 0 aromatic heterocycles. The van der Waals surface area contributed by atoms with Gasteiger partial charge in [0.1, 0.15) is 11.5 Å². The van der Waals surface area contributed by atoms with Crippen LogP contribution >= 0.6 is 0 Å². The highest BCUT2D eigenvalue weighted by molar-refractivity contribution is 5.84. The van der Waals surface area contributed by atoms with Crippen LogP contribution in [-0.2, 0) is 0 Å². The van der Waals surface area contributed by atoms with Crippen molar-refractivity contribution >= 4 is 0 Å². The average molecular weight is 635 g/mol. The zero-order valence-electron chi connectivity index (χ0n) is 28.2. The molecule has 246 valence electrons. The minimum absolute atomic E-state index is 0.395. The van der Waals surface area contributed by atoms with Crippen LogP contribution in [-0.4, -0.2) is 10.2 Å². The highest BCUT2D eigenvalue weighted by Gasteiger charge is 2.51. The highest BCUT2D eigenvalue weighted by Crippen LogP contribution is 2.62. The van der Waals surface area contributed by atoms with E-state index in [1.807, 2.05) is 0 Å². The quantitative estimate of drug-likeness (QED) is 0.229. The van der Waals surface area contributed by atoms with Gasteiger partial charge in [0.05, 0.1) is 0 Å². The number of aromatic hydroxyl groups is 2. The predicted molar refractivity (Wildman–Crippen MR) is 195 cm³/mol. The monoisotopic (exact) mass is 634 g/mol. The molecule has 6 aliphatic rings. The maximum atomic E-state index is 12.1. The van der Waals surface area contributed by atoms with Crippen molar-refractivity contribution in [2.45, 2.75) is 88.9 Å². The highest BCUT2D eigenvalue weighted by atomic mass is 16.3. The molecule has 2 N–H and O–H groups in total. The molecule has 0 amide bonds. The Kier molecular flexibility index (Phi) is 7.06. The third-order valence-corrected chi connectivity index (χ3v) is 15.0. The minimum Gasteiger partial charge on any atom is -0.507 e. The Morgan fingerprint density at radius 1 is 0.375 bits per heavy atom. The van der Waals surface area contributed by atoms with Gasteiger partial charge in [0, 0.05) is 11.1 Å². The second-order valence-electron chi connectivity index (χ2n) is 17.0. The Balaban J connectivity index is 1.10. The molecule has 6 aliphatic carbocycles. The van der Waals surface area contributed by atoms with E-state index in [0.29, 0.717) is 23.3 Å². The lowest BCUT2D eigenvalue weighted by molar-refractivity contribution is 0.143. The van der Waals surface area contributed by atoms with Crippen molar-refractivity contribution < 1.29 is 10.2 Å². The molecule has 0 radical (unpaired) electrons. The smallest absolute Gasteiger partial charge is 0.126 e. The molecule has 6 saturated carbocycles. The van der Waals surface area contributed by atoms with Gasteiger partial charge in [-0.1, -0.05) is 60.7 Å². The van der Waals surface area contributed by atoms with E-state index in [1.54, 1.807) is 0 Å². The summed E-state index contributed by atoms with van der Waals surface area (Å²) in [6.07, 6.45) is 16.1. The molecule has 0 saturated heterocycles. The van der Waals surface area contributed by atoms with Crippen molar-refractivity contribution in [1.82, 2.24) is 0 Å². The third-order valence-electron chi connectivity index (χ3n) is 15.0. The fourth-order valence-corrected chi connectivity index (χ4v) is 12.9. The first kappa shape index (κ1) is 29.4. The van der Waals surface area contributed by atoms with Gasteiger partial charge in [-0.15, -0.1) is 0 Å². The van der Waals surface area contributed by atoms with Gasteiger partial charge in [-0.05, 0) is 194 Å². The van der Waals surface area contributed by atoms with E-state index in [9.17, 15) is 10.2 Å². The van der Waals surface area contributed by atoms with Gasteiger partial charge in [0.2, 0.25) is 0 Å². The zero-order chi connectivity index (χ0) is 31.9. The molecule has 10 rings (SSSR count). The molecule has 6 fully saturated rings. The summed E-state index contributed by atoms with van der Waals surface area (Å²) in [4.78, 5) is 0. The lowest BCUT2D eigenvalue weighted by Crippen LogP contribution is -2.29. The van der Waals surface area contributed by atoms with Crippen LogP contribution in [0.3, 0.4) is 0 Å². The summed E-state index contributed by atoms with van der Waals surface area (Å²) >= 11 is 0. The van der Waals surface area contributed by atoms with E-state index < -0.39 is 0 Å². The summed E-state index contributed by atoms with van der Waals surface area (Å²) in [5.41, 5.74) is 8.66. The third kappa shape index (κ3) is 4.72. The van der Waals surface area contributed by atoms with Crippen LogP contribution in [0.2, 0.25) is 0 Å². The Hall–Kier alpha value is -3.52. The van der Waals surface area contributed by atoms with Crippen LogP contribution in [0, 0.1) is 47.3 Å². The molecule has 0 aliphatic heterocycles. The fourth-order valence-electron chi connectivity index (χ4n) is 12.9. The maximum absolute atomic E-state index is 12.1. The average Bonchev–Trinajstić information content (AvgIpc) is 3.96. The number of fused-ring (bicyclic) bond motifs is 10. The van der Waals surface area contributed by atoms with Crippen molar-refractivity contribution in [2.75, 3.05) is 0 Å². The number of phenols is 2. The molecule has 0 spiro atoms. The van der Waals surface area contributed by atoms with Crippen molar-refractivity contribution in [3.63, 3.8) is 0 Å². The molecule has 10 unspecified atom stereocenters. The second kappa shape index (κ2) is 11.5. The van der Waals surface area contributed by atoms with Crippen molar-refractivity contribution in [2.24, 2.45) is 47.3 Å². The topological polar surface area (TPSA) is 40.5 Å². The zero-order valence-corrected chi connectivity index (χ0v) is 28.2. The molecule has 4 bridgehead atoms. The van der Waals surface area contributed by atoms with E-state index in [4.69, 9.17) is 0 Å². The van der Waals surface area contributed by atoms with Gasteiger partial charge >= 0.3 is 0 Å². The van der Waals surface area contributed by atoms with Crippen LogP contribution in [0.4, 0.5) is 0 Å². The number of benzene rings is 4. The van der Waals surface area contributed by atoms with E-state index in [0.717, 1.165) is 80.7 Å². The lowest BCUT2D eigenvalue weighted by Gasteiger charge is -2.39. The van der Waals surface area contributed by atoms with Crippen molar-refractivity contribution in [3.05, 3.63) is 96.1 Å². The molecular formula is C46H50O2. The maximum Gasteiger partial charge on any atom is 0.126 e. The summed E-state index contributed by atoms with van der Waals surface area (Å²) in [7, 11) is 0. The molecule has 2 heteroatoms. The van der Waals surface area contributed by atoms with Crippen LogP contribution in [0.25, 0.3) is 33.4 Å². The van der Waals surface area contributed by atoms with Crippen molar-refractivity contribution in [3.8, 4) is 44.9 Å². The van der Waals surface area contributed by atoms with E-state index in [2.05, 4.69) is 84.9 Å². The van der Waals surface area contributed by atoms with E-state index in [1.165, 1.54) is 88.2 Å². The van der Waals surface area contributed by atoms with Gasteiger partial charge in [0.25, 0.3) is 0 Å². The number of hydrogen-bond donors (Lipinski definition) is 2. The van der Waals surface area contributed by atoms with Gasteiger partial charge in [0.15, 0.2) is 0 Å². The van der Waals surface area contributed by atoms with E-state index in [-0.39, 0.29) is 0 Å². The Bertz CT molecular complexity index is 1690. The summed E-state index contributed by atoms with van der Waals surface area (Å²) < 4.78 is 0. The molecule has 4 aromatic carbocycles. The number of rotatable bonds is 5. The summed E-state index contributed by atoms with van der Waals surface area (Å²) in [5, 5.41) is 24.1. The minimum atomic E-state index is 0.395. The van der Waals surface area contributed by atoms with Gasteiger partial charge in [-0.2, -0.15) is 0 Å². The molecule has 0 heterocycles. The predicted octanol–water partition coefficient (Wildman–Crippen LogP) is 12.0. The van der Waals surface area contributed by atoms with Gasteiger partial charge in [-0.3, -0.25) is 0 Å².